The highest BCUT2D eigenvalue weighted by atomic mass is 35.5. The van der Waals surface area contributed by atoms with Gasteiger partial charge in [0, 0.05) is 23.9 Å². The lowest BCUT2D eigenvalue weighted by Crippen LogP contribution is -1.98. The summed E-state index contributed by atoms with van der Waals surface area (Å²) < 4.78 is 5.81. The first-order chi connectivity index (χ1) is 7.36. The number of aryl methyl sites for hydroxylation is 1. The van der Waals surface area contributed by atoms with Crippen LogP contribution in [0.15, 0.2) is 28.7 Å². The molecule has 0 atom stereocenters. The Kier molecular flexibility index (Phi) is 4.84. The number of benzene rings is 1. The molecule has 0 aliphatic heterocycles. The van der Waals surface area contributed by atoms with Crippen molar-refractivity contribution in [2.75, 3.05) is 0 Å². The quantitative estimate of drug-likeness (QED) is 0.885. The van der Waals surface area contributed by atoms with Crippen LogP contribution < -0.4 is 5.73 Å². The van der Waals surface area contributed by atoms with E-state index in [9.17, 15) is 0 Å². The second kappa shape index (κ2) is 5.92. The predicted octanol–water partition coefficient (Wildman–Crippen LogP) is 3.66. The molecule has 0 aliphatic rings. The molecule has 0 radical (unpaired) electrons. The van der Waals surface area contributed by atoms with Gasteiger partial charge in [-0.15, -0.1) is 12.4 Å². The van der Waals surface area contributed by atoms with Crippen molar-refractivity contribution < 1.29 is 4.42 Å². The summed E-state index contributed by atoms with van der Waals surface area (Å²) in [6.07, 6.45) is 3.34. The first kappa shape index (κ1) is 13.1. The molecule has 1 aromatic heterocycles. The number of unbranched alkanes of at least 4 members (excludes halogenated alkanes) is 1. The lowest BCUT2D eigenvalue weighted by molar-refractivity contribution is 0.530. The monoisotopic (exact) mass is 239 g/mol. The molecule has 2 nitrogen and oxygen atoms in total. The van der Waals surface area contributed by atoms with Gasteiger partial charge in [0.2, 0.25) is 0 Å². The number of nitrogens with two attached hydrogens (primary N) is 1. The van der Waals surface area contributed by atoms with Crippen LogP contribution in [0.3, 0.4) is 0 Å². The molecule has 0 unspecified atom stereocenters. The van der Waals surface area contributed by atoms with Gasteiger partial charge in [-0.3, -0.25) is 0 Å². The Bertz CT molecular complexity index is 450. The van der Waals surface area contributed by atoms with E-state index in [1.807, 2.05) is 18.2 Å². The van der Waals surface area contributed by atoms with Crippen molar-refractivity contribution in [2.45, 2.75) is 32.7 Å². The highest BCUT2D eigenvalue weighted by molar-refractivity contribution is 5.85. The zero-order valence-electron chi connectivity index (χ0n) is 9.53. The normalized spacial score (nSPS) is 10.4. The van der Waals surface area contributed by atoms with Crippen LogP contribution in [-0.4, -0.2) is 0 Å². The van der Waals surface area contributed by atoms with E-state index in [-0.39, 0.29) is 12.4 Å². The number of rotatable bonds is 4. The molecule has 2 aromatic rings. The van der Waals surface area contributed by atoms with Crippen LogP contribution >= 0.6 is 12.4 Å². The molecule has 2 rings (SSSR count). The van der Waals surface area contributed by atoms with Crippen molar-refractivity contribution in [1.29, 1.82) is 0 Å². The lowest BCUT2D eigenvalue weighted by Gasteiger charge is -1.98. The maximum absolute atomic E-state index is 5.81. The first-order valence-corrected chi connectivity index (χ1v) is 5.56. The zero-order chi connectivity index (χ0) is 10.7. The zero-order valence-corrected chi connectivity index (χ0v) is 10.3. The number of hydrogen-bond acceptors (Lipinski definition) is 2. The number of para-hydroxylation sites is 1. The summed E-state index contributed by atoms with van der Waals surface area (Å²) >= 11 is 0. The summed E-state index contributed by atoms with van der Waals surface area (Å²) in [4.78, 5) is 0. The number of furan rings is 1. The van der Waals surface area contributed by atoms with Gasteiger partial charge in [-0.25, -0.2) is 0 Å². The Morgan fingerprint density at radius 2 is 2.00 bits per heavy atom. The number of halogens is 1. The minimum atomic E-state index is 0. The first-order valence-electron chi connectivity index (χ1n) is 5.56. The van der Waals surface area contributed by atoms with E-state index < -0.39 is 0 Å². The third kappa shape index (κ3) is 2.39. The SMILES string of the molecule is CCCCc1oc2ccccc2c1CN.Cl. The Balaban J connectivity index is 0.00000128. The average Bonchev–Trinajstić information content (AvgIpc) is 2.63. The fraction of sp³-hybridized carbons (Fsp3) is 0.385. The van der Waals surface area contributed by atoms with Crippen LogP contribution in [0.5, 0.6) is 0 Å². The summed E-state index contributed by atoms with van der Waals surface area (Å²) in [5, 5.41) is 1.17. The van der Waals surface area contributed by atoms with Gasteiger partial charge in [0.15, 0.2) is 0 Å². The minimum Gasteiger partial charge on any atom is -0.461 e. The fourth-order valence-electron chi connectivity index (χ4n) is 1.91. The van der Waals surface area contributed by atoms with Crippen LogP contribution in [0.4, 0.5) is 0 Å². The van der Waals surface area contributed by atoms with Gasteiger partial charge in [-0.1, -0.05) is 31.5 Å². The maximum atomic E-state index is 5.81. The van der Waals surface area contributed by atoms with Crippen LogP contribution in [0, 0.1) is 0 Å². The number of fused-ring (bicyclic) bond motifs is 1. The van der Waals surface area contributed by atoms with Gasteiger partial charge >= 0.3 is 0 Å². The Morgan fingerprint density at radius 3 is 2.69 bits per heavy atom. The van der Waals surface area contributed by atoms with E-state index in [1.165, 1.54) is 17.4 Å². The Morgan fingerprint density at radius 1 is 1.25 bits per heavy atom. The molecule has 0 saturated heterocycles. The molecular weight excluding hydrogens is 222 g/mol. The molecule has 0 saturated carbocycles. The third-order valence-electron chi connectivity index (χ3n) is 2.74. The molecule has 1 aromatic carbocycles. The van der Waals surface area contributed by atoms with Gasteiger partial charge in [0.25, 0.3) is 0 Å². The van der Waals surface area contributed by atoms with Crippen LogP contribution in [0.25, 0.3) is 11.0 Å². The van der Waals surface area contributed by atoms with E-state index in [0.717, 1.165) is 24.2 Å². The molecule has 2 N–H and O–H groups in total. The van der Waals surface area contributed by atoms with E-state index in [4.69, 9.17) is 10.2 Å². The molecule has 0 aliphatic carbocycles. The molecule has 88 valence electrons. The minimum absolute atomic E-state index is 0. The van der Waals surface area contributed by atoms with Gasteiger partial charge in [-0.2, -0.15) is 0 Å². The number of hydrogen-bond donors (Lipinski definition) is 1. The molecular formula is C13H18ClNO. The standard InChI is InChI=1S/C13H17NO.ClH/c1-2-3-7-13-11(9-14)10-6-4-5-8-12(10)15-13;/h4-6,8H,2-3,7,9,14H2,1H3;1H. The van der Waals surface area contributed by atoms with Crippen LogP contribution in [0.2, 0.25) is 0 Å². The molecule has 0 amide bonds. The van der Waals surface area contributed by atoms with Crippen LogP contribution in [0.1, 0.15) is 31.1 Å². The van der Waals surface area contributed by atoms with Gasteiger partial charge < -0.3 is 10.2 Å². The highest BCUT2D eigenvalue weighted by Crippen LogP contribution is 2.26. The summed E-state index contributed by atoms with van der Waals surface area (Å²) in [6, 6.07) is 8.11. The topological polar surface area (TPSA) is 39.2 Å². The van der Waals surface area contributed by atoms with E-state index >= 15 is 0 Å². The van der Waals surface area contributed by atoms with Gasteiger partial charge in [0.05, 0.1) is 0 Å². The second-order valence-corrected chi connectivity index (χ2v) is 3.81. The maximum Gasteiger partial charge on any atom is 0.134 e. The van der Waals surface area contributed by atoms with Gasteiger partial charge in [-0.05, 0) is 12.5 Å². The van der Waals surface area contributed by atoms with E-state index in [0.29, 0.717) is 6.54 Å². The van der Waals surface area contributed by atoms with Crippen molar-refractivity contribution in [3.05, 3.63) is 35.6 Å². The predicted molar refractivity (Wildman–Crippen MR) is 70.0 cm³/mol. The Hall–Kier alpha value is -0.990. The molecule has 1 heterocycles. The van der Waals surface area contributed by atoms with Crippen molar-refractivity contribution in [3.8, 4) is 0 Å². The average molecular weight is 240 g/mol. The third-order valence-corrected chi connectivity index (χ3v) is 2.74. The molecule has 16 heavy (non-hydrogen) atoms. The molecule has 0 fully saturated rings. The second-order valence-electron chi connectivity index (χ2n) is 3.81. The van der Waals surface area contributed by atoms with Crippen molar-refractivity contribution in [1.82, 2.24) is 0 Å². The molecule has 0 bridgehead atoms. The smallest absolute Gasteiger partial charge is 0.134 e. The fourth-order valence-corrected chi connectivity index (χ4v) is 1.91. The summed E-state index contributed by atoms with van der Waals surface area (Å²) in [5.74, 6) is 1.07. The highest BCUT2D eigenvalue weighted by Gasteiger charge is 2.11. The Labute approximate surface area is 102 Å². The van der Waals surface area contributed by atoms with Crippen molar-refractivity contribution >= 4 is 23.4 Å². The van der Waals surface area contributed by atoms with E-state index in [2.05, 4.69) is 13.0 Å². The summed E-state index contributed by atoms with van der Waals surface area (Å²) in [6.45, 7) is 2.75. The van der Waals surface area contributed by atoms with Gasteiger partial charge in [0.1, 0.15) is 11.3 Å². The molecule has 0 spiro atoms. The molecule has 3 heteroatoms. The summed E-state index contributed by atoms with van der Waals surface area (Å²) in [5.41, 5.74) is 7.91. The van der Waals surface area contributed by atoms with Crippen LogP contribution in [-0.2, 0) is 13.0 Å². The van der Waals surface area contributed by atoms with E-state index in [1.54, 1.807) is 0 Å². The largest absolute Gasteiger partial charge is 0.461 e. The van der Waals surface area contributed by atoms with Crippen molar-refractivity contribution in [3.63, 3.8) is 0 Å². The lowest BCUT2D eigenvalue weighted by atomic mass is 10.1. The van der Waals surface area contributed by atoms with Crippen molar-refractivity contribution in [2.24, 2.45) is 5.73 Å². The summed E-state index contributed by atoms with van der Waals surface area (Å²) in [7, 11) is 0.